The van der Waals surface area contributed by atoms with Gasteiger partial charge >= 0.3 is 0 Å². The fraction of sp³-hybridized carbons (Fsp3) is 0.214. The van der Waals surface area contributed by atoms with Crippen LogP contribution in [-0.2, 0) is 16.4 Å². The maximum Gasteiger partial charge on any atom is 0.276 e. The van der Waals surface area contributed by atoms with E-state index in [0.29, 0.717) is 5.76 Å². The van der Waals surface area contributed by atoms with E-state index >= 15 is 0 Å². The summed E-state index contributed by atoms with van der Waals surface area (Å²) in [6.45, 7) is 2.08. The van der Waals surface area contributed by atoms with Crippen molar-refractivity contribution in [1.82, 2.24) is 4.83 Å². The second-order valence-electron chi connectivity index (χ2n) is 4.26. The van der Waals surface area contributed by atoms with Gasteiger partial charge in [0.1, 0.15) is 5.76 Å². The third-order valence-electron chi connectivity index (χ3n) is 2.68. The van der Waals surface area contributed by atoms with Crippen molar-refractivity contribution in [3.05, 3.63) is 54.0 Å². The molecular formula is C14H16N2O3S. The van der Waals surface area contributed by atoms with Crippen LogP contribution in [0.3, 0.4) is 0 Å². The summed E-state index contributed by atoms with van der Waals surface area (Å²) in [4.78, 5) is 2.34. The van der Waals surface area contributed by atoms with Crippen LogP contribution >= 0.6 is 0 Å². The summed E-state index contributed by atoms with van der Waals surface area (Å²) in [6, 6.07) is 10.2. The van der Waals surface area contributed by atoms with Gasteiger partial charge in [0.2, 0.25) is 0 Å². The Morgan fingerprint density at radius 1 is 1.25 bits per heavy atom. The van der Waals surface area contributed by atoms with Gasteiger partial charge in [0.25, 0.3) is 10.0 Å². The molecule has 1 N–H and O–H groups in total. The molecule has 1 aromatic heterocycles. The van der Waals surface area contributed by atoms with Crippen molar-refractivity contribution >= 4 is 16.2 Å². The molecule has 0 saturated carbocycles. The zero-order valence-electron chi connectivity index (χ0n) is 11.1. The number of aryl methyl sites for hydroxylation is 1. The van der Waals surface area contributed by atoms with Crippen molar-refractivity contribution in [2.45, 2.75) is 24.7 Å². The Balaban J connectivity index is 2.06. The lowest BCUT2D eigenvalue weighted by Gasteiger charge is -2.04. The minimum absolute atomic E-state index is 0.189. The number of nitrogens with zero attached hydrogens (tertiary/aromatic N) is 1. The number of benzene rings is 1. The summed E-state index contributed by atoms with van der Waals surface area (Å²) in [6.07, 6.45) is 4.76. The Labute approximate surface area is 118 Å². The predicted molar refractivity (Wildman–Crippen MR) is 77.1 cm³/mol. The molecule has 1 aromatic carbocycles. The topological polar surface area (TPSA) is 71.7 Å². The van der Waals surface area contributed by atoms with E-state index in [4.69, 9.17) is 4.42 Å². The van der Waals surface area contributed by atoms with Crippen LogP contribution in [0.4, 0.5) is 0 Å². The number of hydrazone groups is 1. The molecule has 0 aliphatic heterocycles. The average Bonchev–Trinajstić information content (AvgIpc) is 2.93. The summed E-state index contributed by atoms with van der Waals surface area (Å²) in [5, 5.41) is 3.66. The summed E-state index contributed by atoms with van der Waals surface area (Å²) in [7, 11) is -3.63. The molecule has 0 saturated heterocycles. The van der Waals surface area contributed by atoms with E-state index < -0.39 is 10.0 Å². The van der Waals surface area contributed by atoms with Crippen LogP contribution in [0.1, 0.15) is 24.7 Å². The lowest BCUT2D eigenvalue weighted by Crippen LogP contribution is -2.18. The van der Waals surface area contributed by atoms with Gasteiger partial charge in [-0.3, -0.25) is 0 Å². The second-order valence-corrected chi connectivity index (χ2v) is 5.92. The maximum absolute atomic E-state index is 12.0. The fourth-order valence-corrected chi connectivity index (χ4v) is 2.49. The molecule has 2 aromatic rings. The molecule has 0 radical (unpaired) electrons. The number of nitrogens with one attached hydrogen (secondary N) is 1. The predicted octanol–water partition coefficient (Wildman–Crippen LogP) is 2.54. The standard InChI is InChI=1S/C14H16N2O3S/c1-2-4-12-6-8-14(9-7-12)20(17,18)16-15-11-13-5-3-10-19-13/h3,5-11,16H,2,4H2,1H3/b15-11-. The Morgan fingerprint density at radius 2 is 2.00 bits per heavy atom. The Hall–Kier alpha value is -2.08. The maximum atomic E-state index is 12.0. The quantitative estimate of drug-likeness (QED) is 0.657. The lowest BCUT2D eigenvalue weighted by atomic mass is 10.1. The molecule has 0 spiro atoms. The third kappa shape index (κ3) is 3.71. The highest BCUT2D eigenvalue weighted by Crippen LogP contribution is 2.11. The van der Waals surface area contributed by atoms with Gasteiger partial charge in [-0.05, 0) is 36.2 Å². The Morgan fingerprint density at radius 3 is 2.60 bits per heavy atom. The van der Waals surface area contributed by atoms with Gasteiger partial charge in [-0.1, -0.05) is 25.5 Å². The molecule has 0 bridgehead atoms. The second kappa shape index (κ2) is 6.38. The molecule has 0 aliphatic carbocycles. The van der Waals surface area contributed by atoms with Gasteiger partial charge in [-0.2, -0.15) is 18.4 Å². The number of sulfonamides is 1. The molecule has 0 atom stereocenters. The highest BCUT2D eigenvalue weighted by atomic mass is 32.2. The first kappa shape index (κ1) is 14.3. The summed E-state index contributed by atoms with van der Waals surface area (Å²) in [5.74, 6) is 0.478. The molecule has 0 unspecified atom stereocenters. The van der Waals surface area contributed by atoms with Gasteiger partial charge in [0.05, 0.1) is 17.4 Å². The molecule has 2 rings (SSSR count). The largest absolute Gasteiger partial charge is 0.463 e. The zero-order chi connectivity index (χ0) is 14.4. The van der Waals surface area contributed by atoms with Crippen LogP contribution in [0, 0.1) is 0 Å². The SMILES string of the molecule is CCCc1ccc(S(=O)(=O)N/N=C\c2ccco2)cc1. The smallest absolute Gasteiger partial charge is 0.276 e. The van der Waals surface area contributed by atoms with Crippen molar-refractivity contribution in [2.75, 3.05) is 0 Å². The van der Waals surface area contributed by atoms with Crippen molar-refractivity contribution in [1.29, 1.82) is 0 Å². The summed E-state index contributed by atoms with van der Waals surface area (Å²) < 4.78 is 29.0. The minimum Gasteiger partial charge on any atom is -0.463 e. The average molecular weight is 292 g/mol. The Bertz CT molecular complexity index is 659. The zero-order valence-corrected chi connectivity index (χ0v) is 11.9. The van der Waals surface area contributed by atoms with Crippen LogP contribution in [0.15, 0.2) is 57.1 Å². The third-order valence-corrected chi connectivity index (χ3v) is 3.92. The van der Waals surface area contributed by atoms with Crippen LogP contribution in [0.5, 0.6) is 0 Å². The molecule has 6 heteroatoms. The number of rotatable bonds is 6. The highest BCUT2D eigenvalue weighted by Gasteiger charge is 2.12. The fourth-order valence-electron chi connectivity index (χ4n) is 1.70. The molecule has 1 heterocycles. The molecular weight excluding hydrogens is 276 g/mol. The molecule has 5 nitrogen and oxygen atoms in total. The van der Waals surface area contributed by atoms with Gasteiger partial charge in [-0.25, -0.2) is 0 Å². The van der Waals surface area contributed by atoms with E-state index in [1.165, 1.54) is 12.5 Å². The van der Waals surface area contributed by atoms with Gasteiger partial charge in [-0.15, -0.1) is 0 Å². The van der Waals surface area contributed by atoms with Crippen LogP contribution in [0.25, 0.3) is 0 Å². The monoisotopic (exact) mass is 292 g/mol. The van der Waals surface area contributed by atoms with Gasteiger partial charge in [0.15, 0.2) is 0 Å². The van der Waals surface area contributed by atoms with Crippen molar-refractivity contribution < 1.29 is 12.8 Å². The number of hydrogen-bond acceptors (Lipinski definition) is 4. The van der Waals surface area contributed by atoms with E-state index in [0.717, 1.165) is 18.4 Å². The van der Waals surface area contributed by atoms with E-state index in [1.807, 2.05) is 12.1 Å². The van der Waals surface area contributed by atoms with Crippen LogP contribution < -0.4 is 4.83 Å². The van der Waals surface area contributed by atoms with Crippen molar-refractivity contribution in [2.24, 2.45) is 5.10 Å². The molecule has 0 fully saturated rings. The first-order valence-corrected chi connectivity index (χ1v) is 7.77. The molecule has 106 valence electrons. The van der Waals surface area contributed by atoms with E-state index in [-0.39, 0.29) is 4.90 Å². The van der Waals surface area contributed by atoms with E-state index in [1.54, 1.807) is 24.3 Å². The summed E-state index contributed by atoms with van der Waals surface area (Å²) in [5.41, 5.74) is 1.12. The van der Waals surface area contributed by atoms with E-state index in [9.17, 15) is 8.42 Å². The Kier molecular flexibility index (Phi) is 4.57. The minimum atomic E-state index is -3.63. The number of furan rings is 1. The van der Waals surface area contributed by atoms with Crippen LogP contribution in [-0.4, -0.2) is 14.6 Å². The van der Waals surface area contributed by atoms with E-state index in [2.05, 4.69) is 16.9 Å². The normalized spacial score (nSPS) is 11.8. The van der Waals surface area contributed by atoms with Crippen molar-refractivity contribution in [3.8, 4) is 0 Å². The van der Waals surface area contributed by atoms with Crippen LogP contribution in [0.2, 0.25) is 0 Å². The molecule has 20 heavy (non-hydrogen) atoms. The van der Waals surface area contributed by atoms with Gasteiger partial charge in [0, 0.05) is 0 Å². The molecule has 0 amide bonds. The lowest BCUT2D eigenvalue weighted by molar-refractivity contribution is 0.559. The first-order valence-electron chi connectivity index (χ1n) is 6.29. The summed E-state index contributed by atoms with van der Waals surface area (Å²) >= 11 is 0. The highest BCUT2D eigenvalue weighted by molar-refractivity contribution is 7.89. The van der Waals surface area contributed by atoms with Crippen molar-refractivity contribution in [3.63, 3.8) is 0 Å². The number of hydrogen-bond donors (Lipinski definition) is 1. The first-order chi connectivity index (χ1) is 9.62. The van der Waals surface area contributed by atoms with Gasteiger partial charge < -0.3 is 4.42 Å². The molecule has 0 aliphatic rings.